The van der Waals surface area contributed by atoms with Gasteiger partial charge in [0.2, 0.25) is 5.91 Å². The van der Waals surface area contributed by atoms with Crippen molar-refractivity contribution >= 4 is 39.9 Å². The summed E-state index contributed by atoms with van der Waals surface area (Å²) in [6.45, 7) is 2.74. The highest BCUT2D eigenvalue weighted by Gasteiger charge is 2.52. The second kappa shape index (κ2) is 6.32. The number of nitrogens with zero attached hydrogens (tertiary/aromatic N) is 2. The first-order valence-electron chi connectivity index (χ1n) is 9.81. The third-order valence-corrected chi connectivity index (χ3v) is 7.32. The Kier molecular flexibility index (Phi) is 3.96. The van der Waals surface area contributed by atoms with E-state index in [0.29, 0.717) is 23.3 Å². The number of aromatic nitrogens is 2. The number of fused-ring (bicyclic) bond motifs is 3. The Morgan fingerprint density at radius 1 is 1.28 bits per heavy atom. The van der Waals surface area contributed by atoms with Crippen molar-refractivity contribution in [1.82, 2.24) is 14.5 Å². The van der Waals surface area contributed by atoms with E-state index in [1.165, 1.54) is 15.0 Å². The number of hydrogen-bond donors (Lipinski definition) is 2. The normalized spacial score (nSPS) is 17.0. The zero-order valence-corrected chi connectivity index (χ0v) is 17.2. The minimum atomic E-state index is -0.232. The largest absolute Gasteiger partial charge is 0.328 e. The van der Waals surface area contributed by atoms with E-state index in [-0.39, 0.29) is 29.5 Å². The molecule has 2 aromatic heterocycles. The molecule has 2 N–H and O–H groups in total. The summed E-state index contributed by atoms with van der Waals surface area (Å²) in [5, 5.41) is 2.87. The van der Waals surface area contributed by atoms with Gasteiger partial charge in [-0.3, -0.25) is 14.2 Å². The van der Waals surface area contributed by atoms with Gasteiger partial charge in [0, 0.05) is 29.6 Å². The quantitative estimate of drug-likeness (QED) is 0.693. The number of imidazole rings is 1. The minimum Gasteiger partial charge on any atom is -0.328 e. The molecule has 3 aromatic rings. The number of benzene rings is 1. The zero-order chi connectivity index (χ0) is 20.3. The second-order valence-corrected chi connectivity index (χ2v) is 9.16. The van der Waals surface area contributed by atoms with Gasteiger partial charge in [0.15, 0.2) is 0 Å². The summed E-state index contributed by atoms with van der Waals surface area (Å²) in [4.78, 5) is 43.9. The van der Waals surface area contributed by atoms with E-state index in [9.17, 15) is 14.4 Å². The van der Waals surface area contributed by atoms with Gasteiger partial charge in [0.05, 0.1) is 15.9 Å². The fraction of sp³-hybridized carbons (Fsp3) is 0.381. The van der Waals surface area contributed by atoms with Crippen LogP contribution in [0.25, 0.3) is 11.0 Å². The van der Waals surface area contributed by atoms with E-state index in [2.05, 4.69) is 23.3 Å². The first kappa shape index (κ1) is 18.2. The number of carbonyl (C=O) groups is 2. The summed E-state index contributed by atoms with van der Waals surface area (Å²) in [6, 6.07) is 7.47. The molecule has 1 aromatic carbocycles. The van der Waals surface area contributed by atoms with Gasteiger partial charge in [-0.25, -0.2) is 4.79 Å². The minimum absolute atomic E-state index is 0.0312. The molecule has 7 nitrogen and oxygen atoms in total. The number of amides is 2. The van der Waals surface area contributed by atoms with Crippen LogP contribution in [0.5, 0.6) is 0 Å². The van der Waals surface area contributed by atoms with Crippen molar-refractivity contribution in [2.75, 3.05) is 18.4 Å². The fourth-order valence-electron chi connectivity index (χ4n) is 4.22. The third kappa shape index (κ3) is 2.90. The fourth-order valence-corrected chi connectivity index (χ4v) is 5.40. The van der Waals surface area contributed by atoms with Gasteiger partial charge in [0.25, 0.3) is 5.91 Å². The lowest BCUT2D eigenvalue weighted by Crippen LogP contribution is -2.46. The summed E-state index contributed by atoms with van der Waals surface area (Å²) >= 11 is 1.57. The lowest BCUT2D eigenvalue weighted by atomic mass is 9.91. The Balaban J connectivity index is 1.35. The van der Waals surface area contributed by atoms with Crippen molar-refractivity contribution in [3.63, 3.8) is 0 Å². The molecule has 1 aliphatic heterocycles. The molecule has 29 heavy (non-hydrogen) atoms. The van der Waals surface area contributed by atoms with Crippen LogP contribution >= 0.6 is 11.3 Å². The lowest BCUT2D eigenvalue weighted by Gasteiger charge is -2.32. The number of H-pyrrole nitrogens is 1. The molecule has 1 aliphatic carbocycles. The maximum absolute atomic E-state index is 13.0. The number of anilines is 1. The number of aryl methyl sites for hydroxylation is 2. The Morgan fingerprint density at radius 3 is 2.79 bits per heavy atom. The standard InChI is InChI=1S/C21H22N4O3S/c1-3-13-9-14-18(29-13)19(27)25(11-21(14)6-7-21)10-17(26)22-12-4-5-15-16(8-12)24(2)20(28)23-15/h4-5,8-9H,3,6-7,10-11H2,1-2H3,(H,22,26)(H,23,28). The lowest BCUT2D eigenvalue weighted by molar-refractivity contribution is -0.117. The Labute approximate surface area is 171 Å². The van der Waals surface area contributed by atoms with Crippen LogP contribution in [0.3, 0.4) is 0 Å². The van der Waals surface area contributed by atoms with E-state index in [1.54, 1.807) is 41.5 Å². The van der Waals surface area contributed by atoms with Crippen LogP contribution in [0.2, 0.25) is 0 Å². The van der Waals surface area contributed by atoms with E-state index in [1.807, 2.05) is 0 Å². The molecule has 0 bridgehead atoms. The molecule has 2 amide bonds. The van der Waals surface area contributed by atoms with Crippen LogP contribution in [-0.4, -0.2) is 39.4 Å². The van der Waals surface area contributed by atoms with Gasteiger partial charge in [0.1, 0.15) is 6.54 Å². The predicted molar refractivity (Wildman–Crippen MR) is 113 cm³/mol. The Hall–Kier alpha value is -2.87. The molecule has 0 unspecified atom stereocenters. The van der Waals surface area contributed by atoms with Gasteiger partial charge in [-0.1, -0.05) is 6.92 Å². The monoisotopic (exact) mass is 410 g/mol. The summed E-state index contributed by atoms with van der Waals surface area (Å²) in [5.74, 6) is -0.273. The van der Waals surface area contributed by atoms with Crippen molar-refractivity contribution in [3.05, 3.63) is 50.1 Å². The third-order valence-electron chi connectivity index (χ3n) is 6.06. The van der Waals surface area contributed by atoms with E-state index in [4.69, 9.17) is 0 Å². The molecular formula is C21H22N4O3S. The Morgan fingerprint density at radius 2 is 2.07 bits per heavy atom. The number of carbonyl (C=O) groups excluding carboxylic acids is 2. The number of hydrogen-bond acceptors (Lipinski definition) is 4. The summed E-state index contributed by atoms with van der Waals surface area (Å²) in [6.07, 6.45) is 3.07. The van der Waals surface area contributed by atoms with E-state index < -0.39 is 0 Å². The van der Waals surface area contributed by atoms with Crippen LogP contribution in [0.4, 0.5) is 5.69 Å². The van der Waals surface area contributed by atoms with E-state index >= 15 is 0 Å². The van der Waals surface area contributed by atoms with Crippen LogP contribution < -0.4 is 11.0 Å². The summed E-state index contributed by atoms with van der Waals surface area (Å²) in [5.41, 5.74) is 3.09. The second-order valence-electron chi connectivity index (χ2n) is 8.02. The Bertz CT molecular complexity index is 1210. The first-order chi connectivity index (χ1) is 13.9. The number of nitrogens with one attached hydrogen (secondary N) is 2. The van der Waals surface area contributed by atoms with Crippen molar-refractivity contribution < 1.29 is 9.59 Å². The molecule has 0 radical (unpaired) electrons. The van der Waals surface area contributed by atoms with Crippen molar-refractivity contribution in [2.24, 2.45) is 7.05 Å². The molecule has 3 heterocycles. The average molecular weight is 410 g/mol. The molecule has 0 saturated heterocycles. The SMILES string of the molecule is CCc1cc2c(s1)C(=O)N(CC(=O)Nc1ccc3[nH]c(=O)n(C)c3c1)CC21CC1. The molecular weight excluding hydrogens is 388 g/mol. The molecule has 0 atom stereocenters. The van der Waals surface area contributed by atoms with Crippen LogP contribution in [0, 0.1) is 0 Å². The highest BCUT2D eigenvalue weighted by atomic mass is 32.1. The molecule has 1 saturated carbocycles. The van der Waals surface area contributed by atoms with Gasteiger partial charge < -0.3 is 15.2 Å². The van der Waals surface area contributed by atoms with Gasteiger partial charge in [-0.2, -0.15) is 0 Å². The average Bonchev–Trinajstić information content (AvgIpc) is 3.22. The number of aromatic amines is 1. The predicted octanol–water partition coefficient (Wildman–Crippen LogP) is 2.62. The highest BCUT2D eigenvalue weighted by Crippen LogP contribution is 2.54. The van der Waals surface area contributed by atoms with Crippen LogP contribution in [0.15, 0.2) is 29.1 Å². The van der Waals surface area contributed by atoms with E-state index in [0.717, 1.165) is 24.1 Å². The zero-order valence-electron chi connectivity index (χ0n) is 16.4. The molecule has 1 fully saturated rings. The summed E-state index contributed by atoms with van der Waals surface area (Å²) in [7, 11) is 1.68. The number of rotatable bonds is 4. The van der Waals surface area contributed by atoms with Gasteiger partial charge >= 0.3 is 5.69 Å². The molecule has 5 rings (SSSR count). The first-order valence-corrected chi connectivity index (χ1v) is 10.6. The molecule has 1 spiro atoms. The maximum Gasteiger partial charge on any atom is 0.326 e. The smallest absolute Gasteiger partial charge is 0.326 e. The molecule has 2 aliphatic rings. The van der Waals surface area contributed by atoms with Crippen molar-refractivity contribution in [1.29, 1.82) is 0 Å². The highest BCUT2D eigenvalue weighted by molar-refractivity contribution is 7.14. The van der Waals surface area contributed by atoms with Gasteiger partial charge in [-0.05, 0) is 49.1 Å². The van der Waals surface area contributed by atoms with Crippen molar-refractivity contribution in [2.45, 2.75) is 31.6 Å². The van der Waals surface area contributed by atoms with Crippen LogP contribution in [0.1, 0.15) is 39.9 Å². The van der Waals surface area contributed by atoms with Crippen molar-refractivity contribution in [3.8, 4) is 0 Å². The molecule has 8 heteroatoms. The topological polar surface area (TPSA) is 87.2 Å². The maximum atomic E-state index is 13.0. The van der Waals surface area contributed by atoms with Crippen LogP contribution in [-0.2, 0) is 23.7 Å². The molecule has 150 valence electrons. The summed E-state index contributed by atoms with van der Waals surface area (Å²) < 4.78 is 1.50. The number of thiophene rings is 1. The van der Waals surface area contributed by atoms with Gasteiger partial charge in [-0.15, -0.1) is 11.3 Å².